The highest BCUT2D eigenvalue weighted by molar-refractivity contribution is 5.80. The Hall–Kier alpha value is -2.36. The average Bonchev–Trinajstić information content (AvgIpc) is 2.78. The zero-order valence-electron chi connectivity index (χ0n) is 12.0. The first kappa shape index (κ1) is 12.7. The van der Waals surface area contributed by atoms with Crippen molar-refractivity contribution in [2.45, 2.75) is 26.8 Å². The fourth-order valence-electron chi connectivity index (χ4n) is 2.25. The Balaban J connectivity index is 2.10. The Labute approximate surface area is 118 Å². The van der Waals surface area contributed by atoms with Crippen LogP contribution in [0.25, 0.3) is 16.6 Å². The molecule has 0 bridgehead atoms. The number of fused-ring (bicyclic) bond motifs is 1. The van der Waals surface area contributed by atoms with E-state index < -0.39 is 0 Å². The summed E-state index contributed by atoms with van der Waals surface area (Å²) in [6.45, 7) is 6.20. The van der Waals surface area contributed by atoms with Gasteiger partial charge in [0.05, 0.1) is 23.1 Å². The molecular weight excluding hydrogens is 248 g/mol. The molecule has 0 aliphatic rings. The Bertz CT molecular complexity index is 743. The van der Waals surface area contributed by atoms with Crippen molar-refractivity contribution in [1.29, 1.82) is 0 Å². The van der Waals surface area contributed by atoms with Crippen LogP contribution in [0.4, 0.5) is 5.95 Å². The normalized spacial score (nSPS) is 11.2. The van der Waals surface area contributed by atoms with E-state index in [1.54, 1.807) is 0 Å². The standard InChI is InChI=1S/C16H18N4/c1-11(2)18-16-19-12(3)10-20(16)14-8-13-6-4-5-7-15(13)17-9-14/h4-11H,1-3H3,(H,18,19). The lowest BCUT2D eigenvalue weighted by molar-refractivity contribution is 0.863. The highest BCUT2D eigenvalue weighted by atomic mass is 15.2. The molecular formula is C16H18N4. The van der Waals surface area contributed by atoms with Crippen LogP contribution >= 0.6 is 0 Å². The second kappa shape index (κ2) is 4.96. The summed E-state index contributed by atoms with van der Waals surface area (Å²) >= 11 is 0. The van der Waals surface area contributed by atoms with E-state index in [2.05, 4.69) is 45.8 Å². The van der Waals surface area contributed by atoms with E-state index >= 15 is 0 Å². The third kappa shape index (κ3) is 2.37. The second-order valence-corrected chi connectivity index (χ2v) is 5.26. The molecule has 4 heteroatoms. The lowest BCUT2D eigenvalue weighted by Crippen LogP contribution is -2.14. The van der Waals surface area contributed by atoms with Gasteiger partial charge in [-0.3, -0.25) is 9.55 Å². The van der Waals surface area contributed by atoms with Gasteiger partial charge in [0.2, 0.25) is 5.95 Å². The summed E-state index contributed by atoms with van der Waals surface area (Å²) in [7, 11) is 0. The number of aryl methyl sites for hydroxylation is 1. The number of pyridine rings is 1. The molecule has 1 aromatic carbocycles. The highest BCUT2D eigenvalue weighted by Crippen LogP contribution is 2.20. The van der Waals surface area contributed by atoms with Crippen molar-refractivity contribution in [3.8, 4) is 5.69 Å². The second-order valence-electron chi connectivity index (χ2n) is 5.26. The van der Waals surface area contributed by atoms with Crippen LogP contribution in [0, 0.1) is 6.92 Å². The van der Waals surface area contributed by atoms with Crippen LogP contribution in [0.2, 0.25) is 0 Å². The van der Waals surface area contributed by atoms with Gasteiger partial charge in [0, 0.05) is 17.6 Å². The van der Waals surface area contributed by atoms with Gasteiger partial charge in [-0.15, -0.1) is 0 Å². The Morgan fingerprint density at radius 3 is 2.80 bits per heavy atom. The molecule has 0 saturated carbocycles. The van der Waals surface area contributed by atoms with E-state index in [1.165, 1.54) is 0 Å². The topological polar surface area (TPSA) is 42.7 Å². The molecule has 20 heavy (non-hydrogen) atoms. The maximum absolute atomic E-state index is 4.53. The number of hydrogen-bond acceptors (Lipinski definition) is 3. The first-order chi connectivity index (χ1) is 9.63. The van der Waals surface area contributed by atoms with Crippen molar-refractivity contribution in [1.82, 2.24) is 14.5 Å². The fourth-order valence-corrected chi connectivity index (χ4v) is 2.25. The first-order valence-corrected chi connectivity index (χ1v) is 6.81. The van der Waals surface area contributed by atoms with Gasteiger partial charge < -0.3 is 5.32 Å². The summed E-state index contributed by atoms with van der Waals surface area (Å²) in [5, 5.41) is 4.50. The van der Waals surface area contributed by atoms with Crippen molar-refractivity contribution in [2.24, 2.45) is 0 Å². The molecule has 0 unspecified atom stereocenters. The van der Waals surface area contributed by atoms with Crippen molar-refractivity contribution < 1.29 is 0 Å². The lowest BCUT2D eigenvalue weighted by atomic mass is 10.2. The van der Waals surface area contributed by atoms with Crippen LogP contribution < -0.4 is 5.32 Å². The smallest absolute Gasteiger partial charge is 0.207 e. The molecule has 3 aromatic rings. The van der Waals surface area contributed by atoms with Crippen LogP contribution in [-0.4, -0.2) is 20.6 Å². The molecule has 0 saturated heterocycles. The van der Waals surface area contributed by atoms with Gasteiger partial charge in [0.1, 0.15) is 0 Å². The minimum absolute atomic E-state index is 0.337. The molecule has 0 spiro atoms. The maximum atomic E-state index is 4.53. The van der Waals surface area contributed by atoms with Crippen molar-refractivity contribution in [2.75, 3.05) is 5.32 Å². The number of imidazole rings is 1. The Kier molecular flexibility index (Phi) is 3.14. The number of anilines is 1. The number of para-hydroxylation sites is 1. The number of rotatable bonds is 3. The molecule has 2 heterocycles. The summed E-state index contributed by atoms with van der Waals surface area (Å²) in [6, 6.07) is 10.6. The summed E-state index contributed by atoms with van der Waals surface area (Å²) in [5.41, 5.74) is 3.01. The third-order valence-electron chi connectivity index (χ3n) is 3.10. The SMILES string of the molecule is Cc1cn(-c2cnc3ccccc3c2)c(NC(C)C)n1. The first-order valence-electron chi connectivity index (χ1n) is 6.81. The fraction of sp³-hybridized carbons (Fsp3) is 0.250. The van der Waals surface area contributed by atoms with Crippen LogP contribution in [0.15, 0.2) is 42.7 Å². The number of benzene rings is 1. The van der Waals surface area contributed by atoms with E-state index in [0.29, 0.717) is 6.04 Å². The molecule has 0 radical (unpaired) electrons. The summed E-state index contributed by atoms with van der Waals surface area (Å²) in [4.78, 5) is 9.04. The van der Waals surface area contributed by atoms with Gasteiger partial charge in [-0.1, -0.05) is 18.2 Å². The largest absolute Gasteiger partial charge is 0.353 e. The predicted molar refractivity (Wildman–Crippen MR) is 82.4 cm³/mol. The van der Waals surface area contributed by atoms with Gasteiger partial charge in [0.15, 0.2) is 0 Å². The highest BCUT2D eigenvalue weighted by Gasteiger charge is 2.09. The predicted octanol–water partition coefficient (Wildman–Crippen LogP) is 3.55. The molecule has 102 valence electrons. The molecule has 0 fully saturated rings. The molecule has 0 atom stereocenters. The number of hydrogen-bond donors (Lipinski definition) is 1. The number of aromatic nitrogens is 3. The van der Waals surface area contributed by atoms with E-state index in [9.17, 15) is 0 Å². The molecule has 4 nitrogen and oxygen atoms in total. The van der Waals surface area contributed by atoms with E-state index in [-0.39, 0.29) is 0 Å². The monoisotopic (exact) mass is 266 g/mol. The molecule has 0 amide bonds. The maximum Gasteiger partial charge on any atom is 0.207 e. The quantitative estimate of drug-likeness (QED) is 0.788. The minimum Gasteiger partial charge on any atom is -0.353 e. The Morgan fingerprint density at radius 2 is 2.00 bits per heavy atom. The zero-order valence-corrected chi connectivity index (χ0v) is 12.0. The molecule has 1 N–H and O–H groups in total. The van der Waals surface area contributed by atoms with E-state index in [0.717, 1.165) is 28.2 Å². The summed E-state index contributed by atoms with van der Waals surface area (Å²) in [5.74, 6) is 0.856. The van der Waals surface area contributed by atoms with Crippen LogP contribution in [0.5, 0.6) is 0 Å². The molecule has 0 aliphatic carbocycles. The van der Waals surface area contributed by atoms with Crippen molar-refractivity contribution in [3.63, 3.8) is 0 Å². The van der Waals surface area contributed by atoms with Crippen molar-refractivity contribution >= 4 is 16.9 Å². The van der Waals surface area contributed by atoms with Crippen molar-refractivity contribution in [3.05, 3.63) is 48.4 Å². The molecule has 2 aromatic heterocycles. The molecule has 3 rings (SSSR count). The van der Waals surface area contributed by atoms with E-state index in [4.69, 9.17) is 0 Å². The summed E-state index contributed by atoms with van der Waals surface area (Å²) in [6.07, 6.45) is 3.91. The lowest BCUT2D eigenvalue weighted by Gasteiger charge is -2.12. The van der Waals surface area contributed by atoms with E-state index in [1.807, 2.05) is 37.5 Å². The number of nitrogens with zero attached hydrogens (tertiary/aromatic N) is 3. The Morgan fingerprint density at radius 1 is 1.20 bits per heavy atom. The zero-order chi connectivity index (χ0) is 14.1. The van der Waals surface area contributed by atoms with Gasteiger partial charge in [0.25, 0.3) is 0 Å². The third-order valence-corrected chi connectivity index (χ3v) is 3.10. The van der Waals surface area contributed by atoms with Crippen LogP contribution in [0.3, 0.4) is 0 Å². The average molecular weight is 266 g/mol. The van der Waals surface area contributed by atoms with Gasteiger partial charge >= 0.3 is 0 Å². The minimum atomic E-state index is 0.337. The van der Waals surface area contributed by atoms with Gasteiger partial charge in [-0.05, 0) is 32.9 Å². The number of nitrogens with one attached hydrogen (secondary N) is 1. The van der Waals surface area contributed by atoms with Gasteiger partial charge in [-0.2, -0.15) is 0 Å². The van der Waals surface area contributed by atoms with Gasteiger partial charge in [-0.25, -0.2) is 4.98 Å². The van der Waals surface area contributed by atoms with Crippen LogP contribution in [-0.2, 0) is 0 Å². The summed E-state index contributed by atoms with van der Waals surface area (Å²) < 4.78 is 2.05. The van der Waals surface area contributed by atoms with Crippen LogP contribution in [0.1, 0.15) is 19.5 Å². The molecule has 0 aliphatic heterocycles.